The van der Waals surface area contributed by atoms with Crippen LogP contribution in [0.5, 0.6) is 0 Å². The van der Waals surface area contributed by atoms with Crippen LogP contribution in [-0.2, 0) is 4.74 Å². The molecule has 2 heterocycles. The first-order chi connectivity index (χ1) is 11.5. The number of rotatable bonds is 3. The van der Waals surface area contributed by atoms with Gasteiger partial charge in [-0.15, -0.1) is 24.8 Å². The van der Waals surface area contributed by atoms with Crippen molar-refractivity contribution < 1.29 is 9.53 Å². The Morgan fingerprint density at radius 1 is 1.15 bits per heavy atom. The van der Waals surface area contributed by atoms with Gasteiger partial charge in [-0.2, -0.15) is 0 Å². The van der Waals surface area contributed by atoms with Gasteiger partial charge in [0.1, 0.15) is 0 Å². The quantitative estimate of drug-likeness (QED) is 0.787. The van der Waals surface area contributed by atoms with E-state index in [9.17, 15) is 4.79 Å². The van der Waals surface area contributed by atoms with E-state index in [2.05, 4.69) is 18.7 Å². The van der Waals surface area contributed by atoms with Gasteiger partial charge in [-0.1, -0.05) is 6.07 Å². The molecule has 2 fully saturated rings. The topological polar surface area (TPSA) is 58.8 Å². The summed E-state index contributed by atoms with van der Waals surface area (Å²) in [7, 11) is 0. The fourth-order valence-corrected chi connectivity index (χ4v) is 3.97. The van der Waals surface area contributed by atoms with E-state index >= 15 is 0 Å². The second kappa shape index (κ2) is 10.4. The van der Waals surface area contributed by atoms with Crippen LogP contribution in [0.4, 0.5) is 5.69 Å². The molecule has 2 unspecified atom stereocenters. The third kappa shape index (κ3) is 6.02. The Labute approximate surface area is 169 Å². The predicted molar refractivity (Wildman–Crippen MR) is 110 cm³/mol. The summed E-state index contributed by atoms with van der Waals surface area (Å²) in [4.78, 5) is 17.1. The van der Waals surface area contributed by atoms with Crippen LogP contribution in [0.1, 0.15) is 37.0 Å². The zero-order valence-corrected chi connectivity index (χ0v) is 17.2. The largest absolute Gasteiger partial charge is 0.399 e. The first-order valence-electron chi connectivity index (χ1n) is 9.04. The Balaban J connectivity index is 0.00000169. The molecular weight excluding hydrogens is 373 g/mol. The van der Waals surface area contributed by atoms with Crippen molar-refractivity contribution in [1.29, 1.82) is 0 Å². The number of morpholine rings is 1. The van der Waals surface area contributed by atoms with E-state index in [0.717, 1.165) is 45.6 Å². The van der Waals surface area contributed by atoms with Crippen molar-refractivity contribution in [3.63, 3.8) is 0 Å². The number of amides is 1. The Kier molecular flexibility index (Phi) is 9.17. The number of ether oxygens (including phenoxy) is 1. The molecule has 0 radical (unpaired) electrons. The van der Waals surface area contributed by atoms with Crippen LogP contribution in [0.3, 0.4) is 0 Å². The van der Waals surface area contributed by atoms with Gasteiger partial charge in [-0.25, -0.2) is 0 Å². The highest BCUT2D eigenvalue weighted by atomic mass is 35.5. The summed E-state index contributed by atoms with van der Waals surface area (Å²) in [6, 6.07) is 7.27. The normalized spacial score (nSPS) is 24.5. The van der Waals surface area contributed by atoms with Gasteiger partial charge in [0, 0.05) is 44.0 Å². The number of likely N-dealkylation sites (tertiary alicyclic amines) is 1. The van der Waals surface area contributed by atoms with Crippen molar-refractivity contribution in [2.45, 2.75) is 38.9 Å². The van der Waals surface area contributed by atoms with Crippen LogP contribution in [0.2, 0.25) is 0 Å². The van der Waals surface area contributed by atoms with Crippen LogP contribution in [0.25, 0.3) is 0 Å². The highest BCUT2D eigenvalue weighted by Gasteiger charge is 2.28. The zero-order chi connectivity index (χ0) is 17.1. The van der Waals surface area contributed by atoms with Gasteiger partial charge in [0.2, 0.25) is 0 Å². The average Bonchev–Trinajstić information content (AvgIpc) is 2.54. The minimum absolute atomic E-state index is 0. The molecule has 0 aliphatic carbocycles. The Morgan fingerprint density at radius 2 is 1.77 bits per heavy atom. The molecule has 1 amide bonds. The summed E-state index contributed by atoms with van der Waals surface area (Å²) < 4.78 is 5.81. The van der Waals surface area contributed by atoms with E-state index < -0.39 is 0 Å². The molecule has 0 aromatic heterocycles. The lowest BCUT2D eigenvalue weighted by molar-refractivity contribution is -0.0728. The summed E-state index contributed by atoms with van der Waals surface area (Å²) in [5, 5.41) is 0. The molecule has 26 heavy (non-hydrogen) atoms. The minimum atomic E-state index is 0. The van der Waals surface area contributed by atoms with Gasteiger partial charge in [0.15, 0.2) is 0 Å². The maximum Gasteiger partial charge on any atom is 0.253 e. The third-order valence-electron chi connectivity index (χ3n) is 5.05. The molecule has 0 spiro atoms. The second-order valence-electron chi connectivity index (χ2n) is 7.34. The minimum Gasteiger partial charge on any atom is -0.399 e. The molecule has 0 saturated carbocycles. The highest BCUT2D eigenvalue weighted by molar-refractivity contribution is 5.95. The zero-order valence-electron chi connectivity index (χ0n) is 15.6. The fraction of sp³-hybridized carbons (Fsp3) is 0.632. The third-order valence-corrected chi connectivity index (χ3v) is 5.05. The molecule has 1 aromatic rings. The van der Waals surface area contributed by atoms with Gasteiger partial charge in [-0.05, 0) is 50.8 Å². The maximum absolute atomic E-state index is 12.6. The number of piperidine rings is 1. The Morgan fingerprint density at radius 3 is 2.35 bits per heavy atom. The molecule has 1 aromatic carbocycles. The van der Waals surface area contributed by atoms with E-state index in [-0.39, 0.29) is 30.7 Å². The number of nitrogen functional groups attached to an aromatic ring is 1. The van der Waals surface area contributed by atoms with Crippen LogP contribution >= 0.6 is 24.8 Å². The van der Waals surface area contributed by atoms with E-state index in [1.54, 1.807) is 6.07 Å². The van der Waals surface area contributed by atoms with Crippen molar-refractivity contribution in [2.24, 2.45) is 5.92 Å². The summed E-state index contributed by atoms with van der Waals surface area (Å²) in [6.07, 6.45) is 2.79. The monoisotopic (exact) mass is 403 g/mol. The van der Waals surface area contributed by atoms with Gasteiger partial charge < -0.3 is 15.4 Å². The predicted octanol–water partition coefficient (Wildman–Crippen LogP) is 3.07. The number of carbonyl (C=O) groups excluding carboxylic acids is 1. The molecule has 3 rings (SSSR count). The van der Waals surface area contributed by atoms with Crippen molar-refractivity contribution in [3.8, 4) is 0 Å². The van der Waals surface area contributed by atoms with Crippen LogP contribution in [0, 0.1) is 5.92 Å². The molecular formula is C19H31Cl2N3O2. The van der Waals surface area contributed by atoms with E-state index in [1.807, 2.05) is 23.1 Å². The van der Waals surface area contributed by atoms with Crippen molar-refractivity contribution in [2.75, 3.05) is 38.5 Å². The molecule has 2 saturated heterocycles. The lowest BCUT2D eigenvalue weighted by atomic mass is 9.95. The lowest BCUT2D eigenvalue weighted by Gasteiger charge is -2.39. The molecule has 5 nitrogen and oxygen atoms in total. The van der Waals surface area contributed by atoms with Crippen molar-refractivity contribution in [1.82, 2.24) is 9.80 Å². The number of carbonyl (C=O) groups is 1. The number of halogens is 2. The summed E-state index contributed by atoms with van der Waals surface area (Å²) in [5.74, 6) is 0.779. The second-order valence-corrected chi connectivity index (χ2v) is 7.34. The summed E-state index contributed by atoms with van der Waals surface area (Å²) in [6.45, 7) is 9.14. The number of nitrogens with two attached hydrogens (primary N) is 1. The van der Waals surface area contributed by atoms with Crippen LogP contribution < -0.4 is 5.73 Å². The fourth-order valence-electron chi connectivity index (χ4n) is 3.97. The number of nitrogens with zero attached hydrogens (tertiary/aromatic N) is 2. The molecule has 2 atom stereocenters. The molecule has 2 aliphatic rings. The smallest absolute Gasteiger partial charge is 0.253 e. The summed E-state index contributed by atoms with van der Waals surface area (Å²) in [5.41, 5.74) is 7.13. The molecule has 2 aliphatic heterocycles. The Hall–Kier alpha value is -1.01. The highest BCUT2D eigenvalue weighted by Crippen LogP contribution is 2.22. The van der Waals surface area contributed by atoms with Gasteiger partial charge in [-0.3, -0.25) is 9.69 Å². The molecule has 7 heteroatoms. The first kappa shape index (κ1) is 23.0. The summed E-state index contributed by atoms with van der Waals surface area (Å²) >= 11 is 0. The standard InChI is InChI=1S/C19H29N3O2.2ClH/c1-14-11-21(12-15(2)24-14)13-16-6-8-22(9-7-16)19(23)17-4-3-5-18(20)10-17;;/h3-5,10,14-16H,6-9,11-13,20H2,1-2H3;2*1H. The SMILES string of the molecule is CC1CN(CC2CCN(C(=O)c3cccc(N)c3)CC2)CC(C)O1.Cl.Cl. The van der Waals surface area contributed by atoms with Gasteiger partial charge in [0.05, 0.1) is 12.2 Å². The molecule has 148 valence electrons. The lowest BCUT2D eigenvalue weighted by Crippen LogP contribution is -2.48. The average molecular weight is 404 g/mol. The van der Waals surface area contributed by atoms with Crippen LogP contribution in [-0.4, -0.2) is 60.6 Å². The van der Waals surface area contributed by atoms with Crippen molar-refractivity contribution in [3.05, 3.63) is 29.8 Å². The number of hydrogen-bond acceptors (Lipinski definition) is 4. The first-order valence-corrected chi connectivity index (χ1v) is 9.04. The molecule has 2 N–H and O–H groups in total. The van der Waals surface area contributed by atoms with E-state index in [4.69, 9.17) is 10.5 Å². The van der Waals surface area contributed by atoms with Gasteiger partial charge >= 0.3 is 0 Å². The van der Waals surface area contributed by atoms with Gasteiger partial charge in [0.25, 0.3) is 5.91 Å². The maximum atomic E-state index is 12.6. The Bertz CT molecular complexity index is 570. The van der Waals surface area contributed by atoms with Crippen molar-refractivity contribution >= 4 is 36.4 Å². The van der Waals surface area contributed by atoms with E-state index in [1.165, 1.54) is 0 Å². The number of hydrogen-bond donors (Lipinski definition) is 1. The number of benzene rings is 1. The molecule has 0 bridgehead atoms. The van der Waals surface area contributed by atoms with E-state index in [0.29, 0.717) is 29.4 Å². The number of anilines is 1. The van der Waals surface area contributed by atoms with Crippen LogP contribution in [0.15, 0.2) is 24.3 Å².